The fraction of sp³-hybridized carbons (Fsp3) is 0.276. The molecule has 186 valence electrons. The first-order valence-electron chi connectivity index (χ1n) is 12.0. The molecule has 2 atom stereocenters. The lowest BCUT2D eigenvalue weighted by Crippen LogP contribution is -2.27. The average molecular weight is 549 g/mol. The average Bonchev–Trinajstić information content (AvgIpc) is 3.06. The number of ketones is 1. The zero-order valence-corrected chi connectivity index (χ0v) is 22.1. The summed E-state index contributed by atoms with van der Waals surface area (Å²) in [5.74, 6) is 2.29. The number of benzene rings is 3. The van der Waals surface area contributed by atoms with Crippen LogP contribution in [0.4, 0.5) is 11.4 Å². The third-order valence-electron chi connectivity index (χ3n) is 6.77. The van der Waals surface area contributed by atoms with Crippen LogP contribution in [0, 0.1) is 0 Å². The molecule has 3 aromatic rings. The molecule has 6 nitrogen and oxygen atoms in total. The van der Waals surface area contributed by atoms with Gasteiger partial charge in [-0.25, -0.2) is 0 Å². The van der Waals surface area contributed by atoms with E-state index in [2.05, 4.69) is 38.7 Å². The van der Waals surface area contributed by atoms with Crippen LogP contribution in [-0.2, 0) is 4.79 Å². The van der Waals surface area contributed by atoms with Crippen molar-refractivity contribution in [1.82, 2.24) is 0 Å². The fourth-order valence-corrected chi connectivity index (χ4v) is 5.69. The van der Waals surface area contributed by atoms with Gasteiger partial charge in [-0.3, -0.25) is 4.79 Å². The van der Waals surface area contributed by atoms with Crippen LogP contribution >= 0.6 is 15.9 Å². The monoisotopic (exact) mass is 548 g/mol. The van der Waals surface area contributed by atoms with Gasteiger partial charge >= 0.3 is 0 Å². The maximum atomic E-state index is 13.8. The minimum absolute atomic E-state index is 0.0853. The first-order chi connectivity index (χ1) is 17.5. The Morgan fingerprint density at radius 3 is 2.39 bits per heavy atom. The molecule has 3 aromatic carbocycles. The first kappa shape index (κ1) is 24.3. The second kappa shape index (κ2) is 10.3. The van der Waals surface area contributed by atoms with Crippen molar-refractivity contribution in [3.8, 4) is 17.2 Å². The van der Waals surface area contributed by atoms with E-state index in [1.165, 1.54) is 0 Å². The molecule has 0 aromatic heterocycles. The summed E-state index contributed by atoms with van der Waals surface area (Å²) >= 11 is 3.64. The van der Waals surface area contributed by atoms with Crippen LogP contribution in [0.2, 0.25) is 0 Å². The van der Waals surface area contributed by atoms with E-state index in [0.29, 0.717) is 24.5 Å². The van der Waals surface area contributed by atoms with Crippen LogP contribution in [0.15, 0.2) is 76.4 Å². The van der Waals surface area contributed by atoms with Gasteiger partial charge in [-0.2, -0.15) is 0 Å². The van der Waals surface area contributed by atoms with E-state index in [4.69, 9.17) is 14.2 Å². The second-order valence-electron chi connectivity index (χ2n) is 8.91. The van der Waals surface area contributed by atoms with Gasteiger partial charge in [0.1, 0.15) is 5.75 Å². The van der Waals surface area contributed by atoms with Gasteiger partial charge in [0, 0.05) is 17.7 Å². The van der Waals surface area contributed by atoms with E-state index < -0.39 is 0 Å². The van der Waals surface area contributed by atoms with E-state index in [1.807, 2.05) is 55.5 Å². The number of carbonyl (C=O) groups is 1. The number of nitrogens with one attached hydrogen (secondary N) is 2. The lowest BCUT2D eigenvalue weighted by atomic mass is 9.78. The number of hydrogen-bond donors (Lipinski definition) is 2. The smallest absolute Gasteiger partial charge is 0.174 e. The highest BCUT2D eigenvalue weighted by atomic mass is 79.9. The molecular formula is C29H29BrN2O4. The zero-order valence-electron chi connectivity index (χ0n) is 20.6. The second-order valence-corrected chi connectivity index (χ2v) is 9.76. The van der Waals surface area contributed by atoms with Gasteiger partial charge in [0.2, 0.25) is 0 Å². The number of halogens is 1. The molecule has 2 N–H and O–H groups in total. The third-order valence-corrected chi connectivity index (χ3v) is 7.35. The lowest BCUT2D eigenvalue weighted by Gasteiger charge is -2.30. The predicted molar refractivity (Wildman–Crippen MR) is 145 cm³/mol. The van der Waals surface area contributed by atoms with E-state index in [-0.39, 0.29) is 17.7 Å². The highest BCUT2D eigenvalue weighted by Gasteiger charge is 2.36. The van der Waals surface area contributed by atoms with Gasteiger partial charge < -0.3 is 24.8 Å². The number of anilines is 2. The highest BCUT2D eigenvalue weighted by molar-refractivity contribution is 9.10. The van der Waals surface area contributed by atoms with E-state index in [9.17, 15) is 4.79 Å². The SMILES string of the molecule is CCOc1cc([C@H]2Nc3ccccc3NC3=C2C(=O)C[C@H](c2ccc(OC)cc2)C3)cc(Br)c1OC. The summed E-state index contributed by atoms with van der Waals surface area (Å²) in [6, 6.07) is 19.7. The van der Waals surface area contributed by atoms with Crippen LogP contribution in [-0.4, -0.2) is 26.6 Å². The minimum atomic E-state index is -0.345. The summed E-state index contributed by atoms with van der Waals surface area (Å²) in [6.45, 7) is 2.44. The fourth-order valence-electron chi connectivity index (χ4n) is 5.07. The normalized spacial score (nSPS) is 18.8. The molecule has 0 bridgehead atoms. The standard InChI is InChI=1S/C29H29BrN2O4/c1-4-36-26-16-19(13-21(30)29(26)35-3)28-27-24(31-22-7-5-6-8-23(22)32-28)14-18(15-25(27)33)17-9-11-20(34-2)12-10-17/h5-13,16,18,28,31-32H,4,14-15H2,1-3H3/t18-,28-/m1/s1. The van der Waals surface area contributed by atoms with Crippen molar-refractivity contribution in [3.05, 3.63) is 87.5 Å². The number of Topliss-reactive ketones (excluding diaryl/α,β-unsaturated/α-hetero) is 1. The number of fused-ring (bicyclic) bond motifs is 1. The Labute approximate surface area is 219 Å². The summed E-state index contributed by atoms with van der Waals surface area (Å²) in [5, 5.41) is 7.23. The summed E-state index contributed by atoms with van der Waals surface area (Å²) in [5.41, 5.74) is 5.65. The Hall–Kier alpha value is -3.45. The Balaban J connectivity index is 1.61. The maximum Gasteiger partial charge on any atom is 0.174 e. The van der Waals surface area contributed by atoms with Crippen molar-refractivity contribution >= 4 is 33.1 Å². The molecule has 1 heterocycles. The molecule has 1 aliphatic carbocycles. The van der Waals surface area contributed by atoms with E-state index >= 15 is 0 Å². The minimum Gasteiger partial charge on any atom is -0.497 e. The highest BCUT2D eigenvalue weighted by Crippen LogP contribution is 2.46. The lowest BCUT2D eigenvalue weighted by molar-refractivity contribution is -0.116. The van der Waals surface area contributed by atoms with E-state index in [0.717, 1.165) is 50.4 Å². The molecule has 0 radical (unpaired) electrons. The number of allylic oxidation sites excluding steroid dienone is 1. The Kier molecular flexibility index (Phi) is 6.92. The zero-order chi connectivity index (χ0) is 25.2. The van der Waals surface area contributed by atoms with Crippen LogP contribution in [0.25, 0.3) is 0 Å². The predicted octanol–water partition coefficient (Wildman–Crippen LogP) is 6.84. The van der Waals surface area contributed by atoms with Gasteiger partial charge in [0.25, 0.3) is 0 Å². The van der Waals surface area contributed by atoms with Gasteiger partial charge in [-0.05, 0) is 82.7 Å². The van der Waals surface area contributed by atoms with Crippen LogP contribution in [0.5, 0.6) is 17.2 Å². The topological polar surface area (TPSA) is 68.8 Å². The number of ether oxygens (including phenoxy) is 3. The maximum absolute atomic E-state index is 13.8. The third kappa shape index (κ3) is 4.55. The molecule has 1 aliphatic heterocycles. The molecule has 36 heavy (non-hydrogen) atoms. The van der Waals surface area contributed by atoms with Crippen molar-refractivity contribution in [2.75, 3.05) is 31.5 Å². The quantitative estimate of drug-likeness (QED) is 0.351. The van der Waals surface area contributed by atoms with Crippen molar-refractivity contribution in [2.45, 2.75) is 31.7 Å². The first-order valence-corrected chi connectivity index (χ1v) is 12.8. The molecular weight excluding hydrogens is 520 g/mol. The number of carbonyl (C=O) groups excluding carboxylic acids is 1. The van der Waals surface area contributed by atoms with Crippen molar-refractivity contribution in [3.63, 3.8) is 0 Å². The molecule has 0 unspecified atom stereocenters. The van der Waals surface area contributed by atoms with Crippen LogP contribution in [0.3, 0.4) is 0 Å². The molecule has 0 saturated carbocycles. The molecule has 0 spiro atoms. The Bertz CT molecular complexity index is 1320. The van der Waals surface area contributed by atoms with Gasteiger partial charge in [0.05, 0.1) is 42.7 Å². The van der Waals surface area contributed by atoms with Crippen molar-refractivity contribution in [1.29, 1.82) is 0 Å². The number of hydrogen-bond acceptors (Lipinski definition) is 6. The molecule has 0 fully saturated rings. The number of methoxy groups -OCH3 is 2. The molecule has 0 saturated heterocycles. The molecule has 0 amide bonds. The Morgan fingerprint density at radius 1 is 0.944 bits per heavy atom. The van der Waals surface area contributed by atoms with Gasteiger partial charge in [-0.15, -0.1) is 0 Å². The molecule has 7 heteroatoms. The van der Waals surface area contributed by atoms with Crippen molar-refractivity contribution < 1.29 is 19.0 Å². The van der Waals surface area contributed by atoms with Gasteiger partial charge in [0.15, 0.2) is 17.3 Å². The van der Waals surface area contributed by atoms with E-state index in [1.54, 1.807) is 14.2 Å². The van der Waals surface area contributed by atoms with Crippen molar-refractivity contribution in [2.24, 2.45) is 0 Å². The largest absolute Gasteiger partial charge is 0.497 e. The number of para-hydroxylation sites is 2. The molecule has 5 rings (SSSR count). The summed E-state index contributed by atoms with van der Waals surface area (Å²) in [4.78, 5) is 13.8. The summed E-state index contributed by atoms with van der Waals surface area (Å²) < 4.78 is 17.5. The van der Waals surface area contributed by atoms with Crippen LogP contribution in [0.1, 0.15) is 42.9 Å². The summed E-state index contributed by atoms with van der Waals surface area (Å²) in [6.07, 6.45) is 1.17. The van der Waals surface area contributed by atoms with Crippen LogP contribution < -0.4 is 24.8 Å². The van der Waals surface area contributed by atoms with Gasteiger partial charge in [-0.1, -0.05) is 24.3 Å². The Morgan fingerprint density at radius 2 is 1.69 bits per heavy atom. The molecule has 2 aliphatic rings. The summed E-state index contributed by atoms with van der Waals surface area (Å²) in [7, 11) is 3.28. The number of rotatable bonds is 6.